The molecule has 1 aliphatic rings. The molecule has 2 nitrogen and oxygen atoms in total. The highest BCUT2D eigenvalue weighted by Gasteiger charge is 2.28. The van der Waals surface area contributed by atoms with Crippen LogP contribution in [0.2, 0.25) is 0 Å². The van der Waals surface area contributed by atoms with Crippen molar-refractivity contribution in [2.24, 2.45) is 5.73 Å². The molecule has 1 aliphatic heterocycles. The van der Waals surface area contributed by atoms with Crippen molar-refractivity contribution in [2.75, 3.05) is 13.2 Å². The molecular formula is C12H19NOS. The van der Waals surface area contributed by atoms with E-state index in [4.69, 9.17) is 10.5 Å². The molecule has 0 saturated carbocycles. The molecular weight excluding hydrogens is 206 g/mol. The van der Waals surface area contributed by atoms with E-state index >= 15 is 0 Å². The van der Waals surface area contributed by atoms with Crippen molar-refractivity contribution < 1.29 is 4.74 Å². The third-order valence-corrected chi connectivity index (χ3v) is 4.31. The summed E-state index contributed by atoms with van der Waals surface area (Å²) in [5.74, 6) is 0. The predicted octanol–water partition coefficient (Wildman–Crippen LogP) is 2.36. The van der Waals surface area contributed by atoms with Gasteiger partial charge in [-0.05, 0) is 37.8 Å². The second kappa shape index (κ2) is 4.64. The monoisotopic (exact) mass is 225 g/mol. The molecule has 2 heterocycles. The van der Waals surface area contributed by atoms with Gasteiger partial charge in [-0.3, -0.25) is 0 Å². The number of thiophene rings is 1. The van der Waals surface area contributed by atoms with E-state index in [-0.39, 0.29) is 5.54 Å². The smallest absolute Gasteiger partial charge is 0.0483 e. The van der Waals surface area contributed by atoms with Gasteiger partial charge in [0.25, 0.3) is 0 Å². The molecule has 1 aromatic rings. The summed E-state index contributed by atoms with van der Waals surface area (Å²) >= 11 is 1.90. The van der Waals surface area contributed by atoms with Gasteiger partial charge in [-0.1, -0.05) is 6.92 Å². The average Bonchev–Trinajstić information content (AvgIpc) is 2.66. The number of hydrogen-bond donors (Lipinski definition) is 1. The quantitative estimate of drug-likeness (QED) is 0.857. The van der Waals surface area contributed by atoms with Gasteiger partial charge in [0, 0.05) is 28.5 Å². The average molecular weight is 225 g/mol. The first-order valence-electron chi connectivity index (χ1n) is 5.66. The maximum absolute atomic E-state index is 6.37. The lowest BCUT2D eigenvalue weighted by molar-refractivity contribution is 0.0536. The van der Waals surface area contributed by atoms with Crippen LogP contribution < -0.4 is 5.73 Å². The van der Waals surface area contributed by atoms with Crippen LogP contribution in [0.15, 0.2) is 12.1 Å². The highest BCUT2D eigenvalue weighted by molar-refractivity contribution is 7.12. The minimum atomic E-state index is -0.0197. The molecule has 15 heavy (non-hydrogen) atoms. The Bertz CT molecular complexity index is 315. The third-order valence-electron chi connectivity index (χ3n) is 3.08. The SMILES string of the molecule is CCc1ccc(CC2(N)CCOCC2)s1. The molecule has 84 valence electrons. The normalized spacial score (nSPS) is 20.4. The van der Waals surface area contributed by atoms with E-state index in [9.17, 15) is 0 Å². The first-order valence-corrected chi connectivity index (χ1v) is 6.48. The highest BCUT2D eigenvalue weighted by Crippen LogP contribution is 2.26. The molecule has 0 radical (unpaired) electrons. The van der Waals surface area contributed by atoms with Gasteiger partial charge in [0.15, 0.2) is 0 Å². The number of hydrogen-bond acceptors (Lipinski definition) is 3. The fraction of sp³-hybridized carbons (Fsp3) is 0.667. The molecule has 3 heteroatoms. The molecule has 0 spiro atoms. The van der Waals surface area contributed by atoms with Crippen LogP contribution in [-0.4, -0.2) is 18.8 Å². The Hall–Kier alpha value is -0.380. The van der Waals surface area contributed by atoms with E-state index in [1.807, 2.05) is 11.3 Å². The Morgan fingerprint density at radius 2 is 2.00 bits per heavy atom. The number of ether oxygens (including phenoxy) is 1. The lowest BCUT2D eigenvalue weighted by Crippen LogP contribution is -2.46. The van der Waals surface area contributed by atoms with Gasteiger partial charge in [-0.15, -0.1) is 11.3 Å². The van der Waals surface area contributed by atoms with Crippen molar-refractivity contribution in [3.8, 4) is 0 Å². The van der Waals surface area contributed by atoms with E-state index in [0.717, 1.165) is 38.9 Å². The Kier molecular flexibility index (Phi) is 3.44. The van der Waals surface area contributed by atoms with Gasteiger partial charge in [0.05, 0.1) is 0 Å². The fourth-order valence-electron chi connectivity index (χ4n) is 2.01. The Morgan fingerprint density at radius 3 is 2.60 bits per heavy atom. The molecule has 0 aliphatic carbocycles. The highest BCUT2D eigenvalue weighted by atomic mass is 32.1. The van der Waals surface area contributed by atoms with Gasteiger partial charge in [0.1, 0.15) is 0 Å². The summed E-state index contributed by atoms with van der Waals surface area (Å²) in [4.78, 5) is 2.89. The largest absolute Gasteiger partial charge is 0.381 e. The Labute approximate surface area is 95.4 Å². The van der Waals surface area contributed by atoms with Crippen molar-refractivity contribution in [2.45, 2.75) is 38.1 Å². The molecule has 1 saturated heterocycles. The maximum Gasteiger partial charge on any atom is 0.0483 e. The van der Waals surface area contributed by atoms with Crippen molar-refractivity contribution in [3.05, 3.63) is 21.9 Å². The van der Waals surface area contributed by atoms with Crippen molar-refractivity contribution in [1.82, 2.24) is 0 Å². The lowest BCUT2D eigenvalue weighted by Gasteiger charge is -2.32. The number of rotatable bonds is 3. The zero-order valence-corrected chi connectivity index (χ0v) is 10.1. The topological polar surface area (TPSA) is 35.2 Å². The van der Waals surface area contributed by atoms with Crippen LogP contribution in [0.5, 0.6) is 0 Å². The van der Waals surface area contributed by atoms with Gasteiger partial charge in [-0.25, -0.2) is 0 Å². The minimum Gasteiger partial charge on any atom is -0.381 e. The van der Waals surface area contributed by atoms with E-state index in [2.05, 4.69) is 19.1 Å². The van der Waals surface area contributed by atoms with Crippen molar-refractivity contribution in [3.63, 3.8) is 0 Å². The summed E-state index contributed by atoms with van der Waals surface area (Å²) < 4.78 is 5.35. The predicted molar refractivity (Wildman–Crippen MR) is 64.4 cm³/mol. The maximum atomic E-state index is 6.37. The zero-order chi connectivity index (χ0) is 10.7. The summed E-state index contributed by atoms with van der Waals surface area (Å²) in [5, 5.41) is 0. The van der Waals surface area contributed by atoms with Crippen LogP contribution in [0.3, 0.4) is 0 Å². The van der Waals surface area contributed by atoms with Crippen LogP contribution in [0.1, 0.15) is 29.5 Å². The number of aryl methyl sites for hydroxylation is 1. The Morgan fingerprint density at radius 1 is 1.33 bits per heavy atom. The second-order valence-corrected chi connectivity index (χ2v) is 5.63. The van der Waals surface area contributed by atoms with Crippen molar-refractivity contribution >= 4 is 11.3 Å². The lowest BCUT2D eigenvalue weighted by atomic mass is 9.87. The van der Waals surface area contributed by atoms with Crippen LogP contribution in [0, 0.1) is 0 Å². The molecule has 0 bridgehead atoms. The van der Waals surface area contributed by atoms with Crippen LogP contribution >= 0.6 is 11.3 Å². The molecule has 1 aromatic heterocycles. The molecule has 0 amide bonds. The second-order valence-electron chi connectivity index (χ2n) is 4.37. The van der Waals surface area contributed by atoms with E-state index in [1.54, 1.807) is 0 Å². The fourth-order valence-corrected chi connectivity index (χ4v) is 3.12. The van der Waals surface area contributed by atoms with Crippen LogP contribution in [0.4, 0.5) is 0 Å². The Balaban J connectivity index is 2.00. The summed E-state index contributed by atoms with van der Waals surface area (Å²) in [6.45, 7) is 3.84. The van der Waals surface area contributed by atoms with Crippen molar-refractivity contribution in [1.29, 1.82) is 0 Å². The molecule has 2 rings (SSSR count). The summed E-state index contributed by atoms with van der Waals surface area (Å²) in [5.41, 5.74) is 6.35. The van der Waals surface area contributed by atoms with Crippen LogP contribution in [-0.2, 0) is 17.6 Å². The van der Waals surface area contributed by atoms with Gasteiger partial charge in [-0.2, -0.15) is 0 Å². The van der Waals surface area contributed by atoms with Gasteiger partial charge >= 0.3 is 0 Å². The van der Waals surface area contributed by atoms with Gasteiger partial charge < -0.3 is 10.5 Å². The van der Waals surface area contributed by atoms with Crippen LogP contribution in [0.25, 0.3) is 0 Å². The van der Waals surface area contributed by atoms with E-state index in [0.29, 0.717) is 0 Å². The van der Waals surface area contributed by atoms with Gasteiger partial charge in [0.2, 0.25) is 0 Å². The zero-order valence-electron chi connectivity index (χ0n) is 9.29. The molecule has 1 fully saturated rings. The van der Waals surface area contributed by atoms with E-state index in [1.165, 1.54) is 9.75 Å². The molecule has 0 unspecified atom stereocenters. The third kappa shape index (κ3) is 2.80. The molecule has 0 aromatic carbocycles. The standard InChI is InChI=1S/C12H19NOS/c1-2-10-3-4-11(15-10)9-12(13)5-7-14-8-6-12/h3-4H,2,5-9,13H2,1H3. The number of nitrogens with two attached hydrogens (primary N) is 1. The first kappa shape index (κ1) is 11.1. The summed E-state index contributed by atoms with van der Waals surface area (Å²) in [6, 6.07) is 4.45. The molecule has 0 atom stereocenters. The molecule has 2 N–H and O–H groups in total. The minimum absolute atomic E-state index is 0.0197. The summed E-state index contributed by atoms with van der Waals surface area (Å²) in [6.07, 6.45) is 4.13. The first-order chi connectivity index (χ1) is 7.22. The summed E-state index contributed by atoms with van der Waals surface area (Å²) in [7, 11) is 0. The van der Waals surface area contributed by atoms with E-state index < -0.39 is 0 Å².